The summed E-state index contributed by atoms with van der Waals surface area (Å²) < 4.78 is 0. The molecule has 2 unspecified atom stereocenters. The van der Waals surface area contributed by atoms with Crippen LogP contribution in [-0.2, 0) is 11.3 Å². The zero-order valence-corrected chi connectivity index (χ0v) is 11.6. The van der Waals surface area contributed by atoms with E-state index < -0.39 is 0 Å². The van der Waals surface area contributed by atoms with Crippen molar-refractivity contribution in [3.05, 3.63) is 29.6 Å². The quantitative estimate of drug-likeness (QED) is 0.836. The van der Waals surface area contributed by atoms with Crippen molar-refractivity contribution in [3.63, 3.8) is 0 Å². The van der Waals surface area contributed by atoms with Gasteiger partial charge in [0.05, 0.1) is 5.69 Å². The van der Waals surface area contributed by atoms with Crippen LogP contribution in [0.5, 0.6) is 0 Å². The number of pyridine rings is 1. The maximum absolute atomic E-state index is 12.0. The second-order valence-electron chi connectivity index (χ2n) is 5.91. The smallest absolute Gasteiger partial charge is 0.137 e. The zero-order chi connectivity index (χ0) is 13.2. The third kappa shape index (κ3) is 2.57. The molecule has 1 saturated heterocycles. The van der Waals surface area contributed by atoms with Gasteiger partial charge in [0.25, 0.3) is 0 Å². The number of carbonyl (C=O) groups is 1. The van der Waals surface area contributed by atoms with Gasteiger partial charge in [0.1, 0.15) is 5.78 Å². The SMILES string of the molecule is Cc1cccnc1CN1CCCC1C1CCCC1=O. The average molecular weight is 258 g/mol. The standard InChI is InChI=1S/C16H22N2O/c1-12-5-3-9-17-14(12)11-18-10-4-7-15(18)13-6-2-8-16(13)19/h3,5,9,13,15H,2,4,6-8,10-11H2,1H3. The molecule has 102 valence electrons. The van der Waals surface area contributed by atoms with E-state index in [0.29, 0.717) is 17.7 Å². The monoisotopic (exact) mass is 258 g/mol. The Bertz CT molecular complexity index is 472. The van der Waals surface area contributed by atoms with Gasteiger partial charge >= 0.3 is 0 Å². The van der Waals surface area contributed by atoms with Crippen molar-refractivity contribution >= 4 is 5.78 Å². The van der Waals surface area contributed by atoms with Crippen LogP contribution in [0.25, 0.3) is 0 Å². The van der Waals surface area contributed by atoms with Crippen molar-refractivity contribution in [2.24, 2.45) is 5.92 Å². The van der Waals surface area contributed by atoms with Crippen LogP contribution in [0.3, 0.4) is 0 Å². The fraction of sp³-hybridized carbons (Fsp3) is 0.625. The van der Waals surface area contributed by atoms with Gasteiger partial charge in [-0.1, -0.05) is 6.07 Å². The Hall–Kier alpha value is -1.22. The molecule has 2 aliphatic rings. The second kappa shape index (κ2) is 5.41. The molecular formula is C16H22N2O. The number of aryl methyl sites for hydroxylation is 1. The number of Topliss-reactive ketones (excluding diaryl/α,β-unsaturated/α-hetero) is 1. The lowest BCUT2D eigenvalue weighted by Crippen LogP contribution is -2.37. The van der Waals surface area contributed by atoms with E-state index >= 15 is 0 Å². The number of aromatic nitrogens is 1. The van der Waals surface area contributed by atoms with Crippen LogP contribution >= 0.6 is 0 Å². The Labute approximate surface area is 115 Å². The first-order valence-electron chi connectivity index (χ1n) is 7.43. The van der Waals surface area contributed by atoms with Crippen LogP contribution in [0.2, 0.25) is 0 Å². The number of ketones is 1. The van der Waals surface area contributed by atoms with Gasteiger partial charge in [0, 0.05) is 31.1 Å². The van der Waals surface area contributed by atoms with E-state index in [9.17, 15) is 4.79 Å². The summed E-state index contributed by atoms with van der Waals surface area (Å²) in [5.41, 5.74) is 2.42. The van der Waals surface area contributed by atoms with E-state index in [1.165, 1.54) is 24.1 Å². The van der Waals surface area contributed by atoms with Crippen LogP contribution in [0.4, 0.5) is 0 Å². The summed E-state index contributed by atoms with van der Waals surface area (Å²) in [5, 5.41) is 0. The topological polar surface area (TPSA) is 33.2 Å². The van der Waals surface area contributed by atoms with Crippen molar-refractivity contribution in [1.82, 2.24) is 9.88 Å². The molecule has 3 heteroatoms. The van der Waals surface area contributed by atoms with Crippen LogP contribution in [0.1, 0.15) is 43.4 Å². The van der Waals surface area contributed by atoms with Crippen LogP contribution in [0, 0.1) is 12.8 Å². The summed E-state index contributed by atoms with van der Waals surface area (Å²) in [5.74, 6) is 0.793. The normalized spacial score (nSPS) is 28.2. The van der Waals surface area contributed by atoms with Gasteiger partial charge in [-0.2, -0.15) is 0 Å². The summed E-state index contributed by atoms with van der Waals surface area (Å²) in [7, 11) is 0. The van der Waals surface area contributed by atoms with Crippen LogP contribution < -0.4 is 0 Å². The van der Waals surface area contributed by atoms with Gasteiger partial charge in [-0.15, -0.1) is 0 Å². The van der Waals surface area contributed by atoms with E-state index in [2.05, 4.69) is 22.9 Å². The van der Waals surface area contributed by atoms with Crippen LogP contribution in [0.15, 0.2) is 18.3 Å². The first kappa shape index (κ1) is 12.8. The molecule has 2 atom stereocenters. The lowest BCUT2D eigenvalue weighted by Gasteiger charge is -2.28. The molecule has 3 rings (SSSR count). The number of carbonyl (C=O) groups excluding carboxylic acids is 1. The molecule has 0 N–H and O–H groups in total. The number of hydrogen-bond acceptors (Lipinski definition) is 3. The van der Waals surface area contributed by atoms with E-state index in [1.807, 2.05) is 12.3 Å². The van der Waals surface area contributed by atoms with Crippen molar-refractivity contribution in [2.45, 2.75) is 51.6 Å². The largest absolute Gasteiger partial charge is 0.299 e. The number of likely N-dealkylation sites (tertiary alicyclic amines) is 1. The first-order valence-corrected chi connectivity index (χ1v) is 7.43. The molecule has 0 spiro atoms. The summed E-state index contributed by atoms with van der Waals surface area (Å²) in [6.45, 7) is 4.14. The van der Waals surface area contributed by atoms with E-state index in [0.717, 1.165) is 32.4 Å². The highest BCUT2D eigenvalue weighted by Crippen LogP contribution is 2.34. The minimum Gasteiger partial charge on any atom is -0.299 e. The minimum absolute atomic E-state index is 0.298. The average Bonchev–Trinajstić information content (AvgIpc) is 3.01. The molecular weight excluding hydrogens is 236 g/mol. The molecule has 0 bridgehead atoms. The van der Waals surface area contributed by atoms with Gasteiger partial charge < -0.3 is 0 Å². The van der Waals surface area contributed by atoms with Crippen molar-refractivity contribution in [1.29, 1.82) is 0 Å². The maximum Gasteiger partial charge on any atom is 0.137 e. The van der Waals surface area contributed by atoms with Crippen LogP contribution in [-0.4, -0.2) is 28.3 Å². The fourth-order valence-electron chi connectivity index (χ4n) is 3.63. The summed E-state index contributed by atoms with van der Waals surface area (Å²) >= 11 is 0. The Morgan fingerprint density at radius 2 is 2.26 bits per heavy atom. The molecule has 3 nitrogen and oxygen atoms in total. The molecule has 0 radical (unpaired) electrons. The molecule has 0 amide bonds. The molecule has 1 aromatic heterocycles. The maximum atomic E-state index is 12.0. The van der Waals surface area contributed by atoms with Gasteiger partial charge in [0.2, 0.25) is 0 Å². The van der Waals surface area contributed by atoms with E-state index in [4.69, 9.17) is 0 Å². The van der Waals surface area contributed by atoms with Crippen molar-refractivity contribution in [3.8, 4) is 0 Å². The highest BCUT2D eigenvalue weighted by Gasteiger charge is 2.38. The fourth-order valence-corrected chi connectivity index (χ4v) is 3.63. The molecule has 1 aromatic rings. The van der Waals surface area contributed by atoms with Crippen molar-refractivity contribution < 1.29 is 4.79 Å². The summed E-state index contributed by atoms with van der Waals surface area (Å²) in [4.78, 5) is 19.0. The Morgan fingerprint density at radius 1 is 1.37 bits per heavy atom. The summed E-state index contributed by atoms with van der Waals surface area (Å²) in [6, 6.07) is 4.57. The predicted molar refractivity (Wildman–Crippen MR) is 74.8 cm³/mol. The zero-order valence-electron chi connectivity index (χ0n) is 11.6. The van der Waals surface area contributed by atoms with Gasteiger partial charge in [-0.3, -0.25) is 14.7 Å². The Kier molecular flexibility index (Phi) is 3.65. The highest BCUT2D eigenvalue weighted by atomic mass is 16.1. The third-order valence-corrected chi connectivity index (χ3v) is 4.70. The predicted octanol–water partition coefficient (Wildman–Crippen LogP) is 2.72. The molecule has 1 aliphatic heterocycles. The number of rotatable bonds is 3. The van der Waals surface area contributed by atoms with Gasteiger partial charge in [-0.05, 0) is 50.8 Å². The molecule has 19 heavy (non-hydrogen) atoms. The number of nitrogens with zero attached hydrogens (tertiary/aromatic N) is 2. The Balaban J connectivity index is 1.73. The van der Waals surface area contributed by atoms with Gasteiger partial charge in [-0.25, -0.2) is 0 Å². The van der Waals surface area contributed by atoms with Crippen molar-refractivity contribution in [2.75, 3.05) is 6.54 Å². The minimum atomic E-state index is 0.298. The second-order valence-corrected chi connectivity index (χ2v) is 5.91. The van der Waals surface area contributed by atoms with E-state index in [-0.39, 0.29) is 0 Å². The molecule has 2 heterocycles. The lowest BCUT2D eigenvalue weighted by molar-refractivity contribution is -0.122. The Morgan fingerprint density at radius 3 is 3.00 bits per heavy atom. The lowest BCUT2D eigenvalue weighted by atomic mass is 9.95. The summed E-state index contributed by atoms with van der Waals surface area (Å²) in [6.07, 6.45) is 7.27. The molecule has 0 aromatic carbocycles. The van der Waals surface area contributed by atoms with E-state index in [1.54, 1.807) is 0 Å². The number of hydrogen-bond donors (Lipinski definition) is 0. The molecule has 1 saturated carbocycles. The molecule has 1 aliphatic carbocycles. The first-order chi connectivity index (χ1) is 9.25. The molecule has 2 fully saturated rings. The van der Waals surface area contributed by atoms with Gasteiger partial charge in [0.15, 0.2) is 0 Å². The third-order valence-electron chi connectivity index (χ3n) is 4.70. The highest BCUT2D eigenvalue weighted by molar-refractivity contribution is 5.83.